The van der Waals surface area contributed by atoms with Crippen molar-refractivity contribution >= 4 is 5.69 Å². The molecule has 0 aliphatic rings. The number of rotatable bonds is 3. The Morgan fingerprint density at radius 1 is 1.05 bits per heavy atom. The van der Waals surface area contributed by atoms with Crippen LogP contribution < -0.4 is 10.5 Å². The van der Waals surface area contributed by atoms with Gasteiger partial charge in [-0.05, 0) is 22.6 Å². The van der Waals surface area contributed by atoms with Crippen LogP contribution in [-0.2, 0) is 0 Å². The van der Waals surface area contributed by atoms with Crippen LogP contribution in [0.2, 0.25) is 0 Å². The van der Waals surface area contributed by atoms with Crippen molar-refractivity contribution in [2.24, 2.45) is 0 Å². The van der Waals surface area contributed by atoms with Crippen molar-refractivity contribution in [3.05, 3.63) is 54.1 Å². The summed E-state index contributed by atoms with van der Waals surface area (Å²) < 4.78 is 33.6. The molecule has 21 heavy (non-hydrogen) atoms. The van der Waals surface area contributed by atoms with Gasteiger partial charge in [0.15, 0.2) is 11.6 Å². The Balaban J connectivity index is 1.97. The average Bonchev–Trinajstić information content (AvgIpc) is 2.94. The summed E-state index contributed by atoms with van der Waals surface area (Å²) >= 11 is 0. The fourth-order valence-electron chi connectivity index (χ4n) is 1.69. The number of hydrogen-bond acceptors (Lipinski definition) is 5. The molecule has 2 N–H and O–H groups in total. The first-order valence-electron chi connectivity index (χ1n) is 5.91. The number of aromatic nitrogens is 4. The zero-order valence-corrected chi connectivity index (χ0v) is 10.6. The molecule has 6 nitrogen and oxygen atoms in total. The Morgan fingerprint density at radius 3 is 2.57 bits per heavy atom. The van der Waals surface area contributed by atoms with Crippen LogP contribution in [0.15, 0.2) is 42.5 Å². The van der Waals surface area contributed by atoms with E-state index in [0.717, 1.165) is 12.1 Å². The summed E-state index contributed by atoms with van der Waals surface area (Å²) in [4.78, 5) is 0. The van der Waals surface area contributed by atoms with Gasteiger partial charge >= 0.3 is 6.01 Å². The first-order chi connectivity index (χ1) is 10.1. The van der Waals surface area contributed by atoms with Crippen molar-refractivity contribution in [1.29, 1.82) is 0 Å². The highest BCUT2D eigenvalue weighted by Crippen LogP contribution is 2.27. The average molecular weight is 289 g/mol. The van der Waals surface area contributed by atoms with Crippen LogP contribution >= 0.6 is 0 Å². The SMILES string of the molecule is Nc1cc(F)c(Oc2nnnn2-c2ccccc2)cc1F. The van der Waals surface area contributed by atoms with E-state index in [-0.39, 0.29) is 17.4 Å². The number of nitrogens with two attached hydrogens (primary N) is 1. The molecule has 0 bridgehead atoms. The quantitative estimate of drug-likeness (QED) is 0.748. The van der Waals surface area contributed by atoms with Crippen molar-refractivity contribution in [3.63, 3.8) is 0 Å². The van der Waals surface area contributed by atoms with E-state index in [0.29, 0.717) is 5.69 Å². The largest absolute Gasteiger partial charge is 0.420 e. The molecule has 0 saturated carbocycles. The van der Waals surface area contributed by atoms with Gasteiger partial charge in [-0.1, -0.05) is 23.3 Å². The summed E-state index contributed by atoms with van der Waals surface area (Å²) in [7, 11) is 0. The first-order valence-corrected chi connectivity index (χ1v) is 5.91. The minimum absolute atomic E-state index is 0.0933. The number of halogens is 2. The third kappa shape index (κ3) is 2.50. The topological polar surface area (TPSA) is 78.8 Å². The lowest BCUT2D eigenvalue weighted by Crippen LogP contribution is -2.02. The first kappa shape index (κ1) is 13.0. The molecule has 0 saturated heterocycles. The maximum Gasteiger partial charge on any atom is 0.346 e. The second-order valence-electron chi connectivity index (χ2n) is 4.12. The molecule has 0 aliphatic heterocycles. The predicted molar refractivity (Wildman–Crippen MR) is 70.0 cm³/mol. The number of nitrogen functional groups attached to an aromatic ring is 1. The van der Waals surface area contributed by atoms with Crippen LogP contribution in [0.4, 0.5) is 14.5 Å². The number of tetrazole rings is 1. The summed E-state index contributed by atoms with van der Waals surface area (Å²) in [6.07, 6.45) is 0. The van der Waals surface area contributed by atoms with Crippen LogP contribution in [0.5, 0.6) is 11.8 Å². The molecule has 0 radical (unpaired) electrons. The maximum atomic E-state index is 13.7. The lowest BCUT2D eigenvalue weighted by molar-refractivity contribution is 0.396. The van der Waals surface area contributed by atoms with E-state index in [1.165, 1.54) is 4.68 Å². The van der Waals surface area contributed by atoms with E-state index in [2.05, 4.69) is 15.5 Å². The van der Waals surface area contributed by atoms with Crippen molar-refractivity contribution in [2.45, 2.75) is 0 Å². The molecular weight excluding hydrogens is 280 g/mol. The summed E-state index contributed by atoms with van der Waals surface area (Å²) in [6, 6.07) is 10.4. The Hall–Kier alpha value is -3.03. The Morgan fingerprint density at radius 2 is 1.81 bits per heavy atom. The van der Waals surface area contributed by atoms with Crippen LogP contribution in [0.3, 0.4) is 0 Å². The maximum absolute atomic E-state index is 13.7. The molecule has 0 spiro atoms. The van der Waals surface area contributed by atoms with Gasteiger partial charge in [0.25, 0.3) is 0 Å². The van der Waals surface area contributed by atoms with Gasteiger partial charge in [0.2, 0.25) is 0 Å². The zero-order chi connectivity index (χ0) is 14.8. The molecule has 1 heterocycles. The van der Waals surface area contributed by atoms with E-state index in [4.69, 9.17) is 10.5 Å². The van der Waals surface area contributed by atoms with Gasteiger partial charge in [0.05, 0.1) is 11.4 Å². The standard InChI is InChI=1S/C13H9F2N5O/c14-9-7-12(10(15)6-11(9)16)21-13-17-18-19-20(13)8-4-2-1-3-5-8/h1-7H,16H2. The van der Waals surface area contributed by atoms with Crippen molar-refractivity contribution in [1.82, 2.24) is 20.2 Å². The highest BCUT2D eigenvalue weighted by Gasteiger charge is 2.15. The number of ether oxygens (including phenoxy) is 1. The number of para-hydroxylation sites is 1. The normalized spacial score (nSPS) is 10.6. The molecule has 8 heteroatoms. The Bertz CT molecular complexity index is 775. The molecule has 1 aromatic heterocycles. The molecule has 3 rings (SSSR count). The molecule has 0 unspecified atom stereocenters. The van der Waals surface area contributed by atoms with Crippen LogP contribution in [-0.4, -0.2) is 20.2 Å². The molecule has 0 aliphatic carbocycles. The monoisotopic (exact) mass is 289 g/mol. The molecule has 0 atom stereocenters. The minimum atomic E-state index is -0.809. The number of benzene rings is 2. The summed E-state index contributed by atoms with van der Waals surface area (Å²) in [5.74, 6) is -1.95. The molecular formula is C13H9F2N5O. The third-order valence-electron chi connectivity index (χ3n) is 2.69. The minimum Gasteiger partial charge on any atom is -0.420 e. The molecule has 0 fully saturated rings. The lowest BCUT2D eigenvalue weighted by atomic mass is 10.3. The summed E-state index contributed by atoms with van der Waals surface area (Å²) in [5, 5.41) is 10.8. The van der Waals surface area contributed by atoms with Gasteiger partial charge in [0, 0.05) is 12.1 Å². The fraction of sp³-hybridized carbons (Fsp3) is 0. The Kier molecular flexibility index (Phi) is 3.19. The van der Waals surface area contributed by atoms with Gasteiger partial charge in [0.1, 0.15) is 5.82 Å². The number of hydrogen-bond donors (Lipinski definition) is 1. The van der Waals surface area contributed by atoms with Gasteiger partial charge in [-0.2, -0.15) is 4.68 Å². The summed E-state index contributed by atoms with van der Waals surface area (Å²) in [6.45, 7) is 0. The number of nitrogens with zero attached hydrogens (tertiary/aromatic N) is 4. The van der Waals surface area contributed by atoms with Crippen LogP contribution in [0.25, 0.3) is 5.69 Å². The van der Waals surface area contributed by atoms with E-state index in [1.807, 2.05) is 6.07 Å². The smallest absolute Gasteiger partial charge is 0.346 e. The van der Waals surface area contributed by atoms with E-state index < -0.39 is 11.6 Å². The highest BCUT2D eigenvalue weighted by molar-refractivity contribution is 5.45. The second kappa shape index (κ2) is 5.16. The molecule has 3 aromatic rings. The molecule has 2 aromatic carbocycles. The number of anilines is 1. The fourth-order valence-corrected chi connectivity index (χ4v) is 1.69. The van der Waals surface area contributed by atoms with Crippen LogP contribution in [0.1, 0.15) is 0 Å². The van der Waals surface area contributed by atoms with Crippen LogP contribution in [0, 0.1) is 11.6 Å². The highest BCUT2D eigenvalue weighted by atomic mass is 19.1. The third-order valence-corrected chi connectivity index (χ3v) is 2.69. The predicted octanol–water partition coefficient (Wildman–Crippen LogP) is 2.32. The van der Waals surface area contributed by atoms with E-state index >= 15 is 0 Å². The lowest BCUT2D eigenvalue weighted by Gasteiger charge is -2.07. The van der Waals surface area contributed by atoms with Gasteiger partial charge in [-0.25, -0.2) is 8.78 Å². The van der Waals surface area contributed by atoms with Gasteiger partial charge < -0.3 is 10.5 Å². The van der Waals surface area contributed by atoms with E-state index in [1.54, 1.807) is 24.3 Å². The molecule has 106 valence electrons. The summed E-state index contributed by atoms with van der Waals surface area (Å²) in [5.41, 5.74) is 5.58. The van der Waals surface area contributed by atoms with Crippen molar-refractivity contribution < 1.29 is 13.5 Å². The van der Waals surface area contributed by atoms with E-state index in [9.17, 15) is 8.78 Å². The van der Waals surface area contributed by atoms with Gasteiger partial charge in [-0.3, -0.25) is 0 Å². The zero-order valence-electron chi connectivity index (χ0n) is 10.6. The Labute approximate surface area is 117 Å². The van der Waals surface area contributed by atoms with Crippen molar-refractivity contribution in [2.75, 3.05) is 5.73 Å². The second-order valence-corrected chi connectivity index (χ2v) is 4.12. The van der Waals surface area contributed by atoms with Crippen molar-refractivity contribution in [3.8, 4) is 17.4 Å². The van der Waals surface area contributed by atoms with Gasteiger partial charge in [-0.15, -0.1) is 0 Å². The molecule has 0 amide bonds.